The van der Waals surface area contributed by atoms with Crippen molar-refractivity contribution in [3.05, 3.63) is 53.1 Å². The minimum Gasteiger partial charge on any atom is -0.345 e. The van der Waals surface area contributed by atoms with Gasteiger partial charge in [-0.05, 0) is 55.3 Å². The SMILES string of the molecule is Cc1cc(C)c2sc(N3CCN(C(=O)c4ccc(S(=O)(=O)N(C)C)cc4)CC3)nc2c1. The summed E-state index contributed by atoms with van der Waals surface area (Å²) in [4.78, 5) is 21.9. The van der Waals surface area contributed by atoms with Crippen LogP contribution in [0.5, 0.6) is 0 Å². The number of carbonyl (C=O) groups is 1. The number of nitrogens with zero attached hydrogens (tertiary/aromatic N) is 4. The Morgan fingerprint density at radius 2 is 1.68 bits per heavy atom. The predicted octanol–water partition coefficient (Wildman–Crippen LogP) is 3.13. The molecule has 2 aromatic carbocycles. The molecule has 7 nitrogen and oxygen atoms in total. The molecule has 1 saturated heterocycles. The van der Waals surface area contributed by atoms with E-state index in [4.69, 9.17) is 4.98 Å². The molecule has 1 aromatic heterocycles. The van der Waals surface area contributed by atoms with Crippen molar-refractivity contribution in [3.63, 3.8) is 0 Å². The third-order valence-electron chi connectivity index (χ3n) is 5.53. The highest BCUT2D eigenvalue weighted by Crippen LogP contribution is 2.32. The normalized spacial score (nSPS) is 15.1. The fraction of sp³-hybridized carbons (Fsp3) is 0.364. The van der Waals surface area contributed by atoms with E-state index in [0.717, 1.165) is 28.0 Å². The minimum absolute atomic E-state index is 0.0794. The highest BCUT2D eigenvalue weighted by Gasteiger charge is 2.25. The molecule has 1 fully saturated rings. The van der Waals surface area contributed by atoms with E-state index in [-0.39, 0.29) is 10.8 Å². The largest absolute Gasteiger partial charge is 0.345 e. The van der Waals surface area contributed by atoms with Gasteiger partial charge in [-0.15, -0.1) is 0 Å². The summed E-state index contributed by atoms with van der Waals surface area (Å²) in [5.74, 6) is -0.0794. The summed E-state index contributed by atoms with van der Waals surface area (Å²) >= 11 is 1.70. The number of thiazole rings is 1. The van der Waals surface area contributed by atoms with Crippen LogP contribution in [0, 0.1) is 13.8 Å². The van der Waals surface area contributed by atoms with Gasteiger partial charge in [0.1, 0.15) is 0 Å². The zero-order valence-corrected chi connectivity index (χ0v) is 19.8. The minimum atomic E-state index is -3.50. The molecule has 4 rings (SSSR count). The van der Waals surface area contributed by atoms with Crippen LogP contribution in [0.15, 0.2) is 41.3 Å². The molecule has 9 heteroatoms. The molecule has 0 radical (unpaired) electrons. The molecule has 1 amide bonds. The van der Waals surface area contributed by atoms with E-state index in [9.17, 15) is 13.2 Å². The molecule has 3 aromatic rings. The fourth-order valence-electron chi connectivity index (χ4n) is 3.76. The van der Waals surface area contributed by atoms with E-state index in [1.54, 1.807) is 23.5 Å². The van der Waals surface area contributed by atoms with E-state index in [0.29, 0.717) is 18.7 Å². The van der Waals surface area contributed by atoms with Crippen LogP contribution in [0.3, 0.4) is 0 Å². The highest BCUT2D eigenvalue weighted by molar-refractivity contribution is 7.89. The van der Waals surface area contributed by atoms with Crippen molar-refractivity contribution in [2.24, 2.45) is 0 Å². The van der Waals surface area contributed by atoms with Gasteiger partial charge in [-0.25, -0.2) is 17.7 Å². The standard InChI is InChI=1S/C22H26N4O3S2/c1-15-13-16(2)20-19(14-15)23-22(30-20)26-11-9-25(10-12-26)21(27)17-5-7-18(8-6-17)31(28,29)24(3)4/h5-8,13-14H,9-12H2,1-4H3. The van der Waals surface area contributed by atoms with Gasteiger partial charge >= 0.3 is 0 Å². The van der Waals surface area contributed by atoms with Crippen LogP contribution in [0.1, 0.15) is 21.5 Å². The van der Waals surface area contributed by atoms with Gasteiger partial charge < -0.3 is 9.80 Å². The number of benzene rings is 2. The molecule has 0 atom stereocenters. The van der Waals surface area contributed by atoms with Crippen molar-refractivity contribution < 1.29 is 13.2 Å². The van der Waals surface area contributed by atoms with Crippen molar-refractivity contribution in [3.8, 4) is 0 Å². The number of hydrogen-bond acceptors (Lipinski definition) is 6. The summed E-state index contributed by atoms with van der Waals surface area (Å²) in [6.07, 6.45) is 0. The molecule has 0 bridgehead atoms. The molecule has 1 aliphatic heterocycles. The summed E-state index contributed by atoms with van der Waals surface area (Å²) in [6.45, 7) is 6.84. The first-order valence-corrected chi connectivity index (χ1v) is 12.4. The van der Waals surface area contributed by atoms with Gasteiger partial charge in [-0.1, -0.05) is 17.4 Å². The van der Waals surface area contributed by atoms with Gasteiger partial charge in [0.25, 0.3) is 5.91 Å². The summed E-state index contributed by atoms with van der Waals surface area (Å²) < 4.78 is 26.8. The zero-order valence-electron chi connectivity index (χ0n) is 18.1. The molecule has 0 spiro atoms. The quantitative estimate of drug-likeness (QED) is 0.601. The van der Waals surface area contributed by atoms with E-state index in [2.05, 4.69) is 30.9 Å². The van der Waals surface area contributed by atoms with Gasteiger partial charge in [-0.3, -0.25) is 4.79 Å². The van der Waals surface area contributed by atoms with Crippen molar-refractivity contribution in [2.45, 2.75) is 18.7 Å². The summed E-state index contributed by atoms with van der Waals surface area (Å²) in [5, 5.41) is 0.994. The lowest BCUT2D eigenvalue weighted by atomic mass is 10.1. The van der Waals surface area contributed by atoms with Crippen LogP contribution in [0.2, 0.25) is 0 Å². The molecule has 0 N–H and O–H groups in total. The van der Waals surface area contributed by atoms with Gasteiger partial charge in [-0.2, -0.15) is 0 Å². The molecular formula is C22H26N4O3S2. The van der Waals surface area contributed by atoms with Crippen LogP contribution in [-0.2, 0) is 10.0 Å². The average Bonchev–Trinajstić information content (AvgIpc) is 3.18. The number of aryl methyl sites for hydroxylation is 2. The second-order valence-corrected chi connectivity index (χ2v) is 11.1. The van der Waals surface area contributed by atoms with E-state index >= 15 is 0 Å². The Morgan fingerprint density at radius 3 is 2.29 bits per heavy atom. The van der Waals surface area contributed by atoms with E-state index < -0.39 is 10.0 Å². The topological polar surface area (TPSA) is 73.8 Å². The summed E-state index contributed by atoms with van der Waals surface area (Å²) in [6, 6.07) is 10.4. The van der Waals surface area contributed by atoms with Crippen LogP contribution >= 0.6 is 11.3 Å². The lowest BCUT2D eigenvalue weighted by Gasteiger charge is -2.34. The number of anilines is 1. The molecule has 0 unspecified atom stereocenters. The first-order valence-electron chi connectivity index (χ1n) is 10.1. The van der Waals surface area contributed by atoms with E-state index in [1.807, 2.05) is 4.90 Å². The Balaban J connectivity index is 1.44. The summed E-state index contributed by atoms with van der Waals surface area (Å²) in [7, 11) is -0.527. The Morgan fingerprint density at radius 1 is 1.03 bits per heavy atom. The molecule has 0 aliphatic carbocycles. The molecule has 164 valence electrons. The van der Waals surface area contributed by atoms with Gasteiger partial charge in [0.05, 0.1) is 15.1 Å². The number of aromatic nitrogens is 1. The lowest BCUT2D eigenvalue weighted by molar-refractivity contribution is 0.0746. The number of carbonyl (C=O) groups excluding carboxylic acids is 1. The predicted molar refractivity (Wildman–Crippen MR) is 125 cm³/mol. The second kappa shape index (κ2) is 8.22. The van der Waals surface area contributed by atoms with Crippen molar-refractivity contribution in [2.75, 3.05) is 45.2 Å². The first kappa shape index (κ1) is 21.7. The first-order chi connectivity index (χ1) is 14.7. The van der Waals surface area contributed by atoms with Crippen LogP contribution in [0.25, 0.3) is 10.2 Å². The third kappa shape index (κ3) is 4.17. The Kier molecular flexibility index (Phi) is 5.76. The van der Waals surface area contributed by atoms with Crippen LogP contribution in [-0.4, -0.2) is 68.8 Å². The lowest BCUT2D eigenvalue weighted by Crippen LogP contribution is -2.48. The molecule has 0 saturated carbocycles. The van der Waals surface area contributed by atoms with Crippen molar-refractivity contribution >= 4 is 42.6 Å². The molecular weight excluding hydrogens is 432 g/mol. The van der Waals surface area contributed by atoms with Gasteiger partial charge in [0, 0.05) is 45.8 Å². The Bertz CT molecular complexity index is 1230. The number of amides is 1. The monoisotopic (exact) mass is 458 g/mol. The molecule has 1 aliphatic rings. The number of sulfonamides is 1. The van der Waals surface area contributed by atoms with Gasteiger partial charge in [0.2, 0.25) is 10.0 Å². The van der Waals surface area contributed by atoms with Gasteiger partial charge in [0.15, 0.2) is 5.13 Å². The number of hydrogen-bond donors (Lipinski definition) is 0. The van der Waals surface area contributed by atoms with Crippen molar-refractivity contribution in [1.82, 2.24) is 14.2 Å². The Labute approximate surface area is 187 Å². The third-order valence-corrected chi connectivity index (χ3v) is 8.62. The van der Waals surface area contributed by atoms with Crippen molar-refractivity contribution in [1.29, 1.82) is 0 Å². The number of piperazine rings is 1. The zero-order chi connectivity index (χ0) is 22.3. The fourth-order valence-corrected chi connectivity index (χ4v) is 5.73. The second-order valence-electron chi connectivity index (χ2n) is 8.02. The maximum atomic E-state index is 12.9. The molecule has 31 heavy (non-hydrogen) atoms. The highest BCUT2D eigenvalue weighted by atomic mass is 32.2. The maximum Gasteiger partial charge on any atom is 0.253 e. The maximum absolute atomic E-state index is 12.9. The van der Waals surface area contributed by atoms with E-state index in [1.165, 1.54) is 42.1 Å². The average molecular weight is 459 g/mol. The van der Waals surface area contributed by atoms with Crippen LogP contribution in [0.4, 0.5) is 5.13 Å². The number of fused-ring (bicyclic) bond motifs is 1. The summed E-state index contributed by atoms with van der Waals surface area (Å²) in [5.41, 5.74) is 3.98. The Hall–Kier alpha value is -2.49. The van der Waals surface area contributed by atoms with Crippen LogP contribution < -0.4 is 4.90 Å². The smallest absolute Gasteiger partial charge is 0.253 e. The molecule has 2 heterocycles. The number of rotatable bonds is 4.